The van der Waals surface area contributed by atoms with Gasteiger partial charge in [0.15, 0.2) is 0 Å². The molecule has 1 aliphatic rings. The van der Waals surface area contributed by atoms with E-state index in [9.17, 15) is 0 Å². The molecule has 2 atom stereocenters. The minimum atomic E-state index is 0.365. The zero-order valence-corrected chi connectivity index (χ0v) is 14.2. The molecule has 0 radical (unpaired) electrons. The summed E-state index contributed by atoms with van der Waals surface area (Å²) in [6.45, 7) is 6.79. The molecule has 0 bridgehead atoms. The molecule has 1 aliphatic heterocycles. The summed E-state index contributed by atoms with van der Waals surface area (Å²) in [4.78, 5) is 2.50. The Balaban J connectivity index is 1.90. The fraction of sp³-hybridized carbons (Fsp3) is 0.273. The molecule has 0 saturated carbocycles. The van der Waals surface area contributed by atoms with Crippen LogP contribution >= 0.6 is 0 Å². The molecule has 0 saturated heterocycles. The molecular formula is C22H25N. The first kappa shape index (κ1) is 15.6. The van der Waals surface area contributed by atoms with E-state index in [1.807, 2.05) is 0 Å². The first-order valence-electron chi connectivity index (χ1n) is 8.38. The number of nitrogens with zero attached hydrogens (tertiary/aromatic N) is 1. The topological polar surface area (TPSA) is 3.24 Å². The van der Waals surface area contributed by atoms with Crippen molar-refractivity contribution in [1.82, 2.24) is 4.90 Å². The van der Waals surface area contributed by atoms with Crippen LogP contribution < -0.4 is 0 Å². The van der Waals surface area contributed by atoms with Gasteiger partial charge in [-0.15, -0.1) is 0 Å². The number of allylic oxidation sites excluding steroid dienone is 2. The minimum absolute atomic E-state index is 0.365. The average molecular weight is 303 g/mol. The molecule has 118 valence electrons. The largest absolute Gasteiger partial charge is 0.364 e. The predicted molar refractivity (Wildman–Crippen MR) is 98.1 cm³/mol. The van der Waals surface area contributed by atoms with E-state index in [1.165, 1.54) is 22.3 Å². The van der Waals surface area contributed by atoms with Crippen LogP contribution in [0.4, 0.5) is 0 Å². The lowest BCUT2D eigenvalue weighted by atomic mass is 9.91. The highest BCUT2D eigenvalue weighted by Crippen LogP contribution is 2.32. The third-order valence-corrected chi connectivity index (χ3v) is 4.98. The van der Waals surface area contributed by atoms with E-state index in [0.717, 1.165) is 6.42 Å². The van der Waals surface area contributed by atoms with E-state index in [2.05, 4.69) is 98.6 Å². The lowest BCUT2D eigenvalue weighted by molar-refractivity contribution is 0.236. The van der Waals surface area contributed by atoms with Gasteiger partial charge < -0.3 is 4.90 Å². The summed E-state index contributed by atoms with van der Waals surface area (Å²) in [5, 5.41) is 0. The number of benzene rings is 2. The molecule has 0 unspecified atom stereocenters. The summed E-state index contributed by atoms with van der Waals surface area (Å²) in [6.07, 6.45) is 5.56. The Kier molecular flexibility index (Phi) is 4.66. The summed E-state index contributed by atoms with van der Waals surface area (Å²) in [6, 6.07) is 22.4. The molecule has 0 aliphatic carbocycles. The highest BCUT2D eigenvalue weighted by atomic mass is 15.2. The average Bonchev–Trinajstić information content (AvgIpc) is 2.60. The van der Waals surface area contributed by atoms with Crippen LogP contribution in [0.3, 0.4) is 0 Å². The second kappa shape index (κ2) is 6.87. The summed E-state index contributed by atoms with van der Waals surface area (Å²) in [5.41, 5.74) is 5.62. The lowest BCUT2D eigenvalue weighted by Gasteiger charge is -2.40. The number of hydrogen-bond donors (Lipinski definition) is 0. The van der Waals surface area contributed by atoms with Crippen molar-refractivity contribution in [3.05, 3.63) is 95.2 Å². The smallest absolute Gasteiger partial charge is 0.0546 e. The molecule has 0 N–H and O–H groups in total. The molecule has 2 aromatic rings. The molecule has 2 aromatic carbocycles. The Bertz CT molecular complexity index is 697. The zero-order chi connectivity index (χ0) is 16.2. The number of hydrogen-bond acceptors (Lipinski definition) is 1. The second-order valence-electron chi connectivity index (χ2n) is 6.42. The highest BCUT2D eigenvalue weighted by Gasteiger charge is 2.26. The van der Waals surface area contributed by atoms with Crippen LogP contribution in [0.5, 0.6) is 0 Å². The van der Waals surface area contributed by atoms with Crippen molar-refractivity contribution in [2.24, 2.45) is 0 Å². The second-order valence-corrected chi connectivity index (χ2v) is 6.42. The van der Waals surface area contributed by atoms with E-state index in [-0.39, 0.29) is 0 Å². The quantitative estimate of drug-likeness (QED) is 0.718. The molecule has 1 heteroatoms. The van der Waals surface area contributed by atoms with Crippen molar-refractivity contribution in [3.63, 3.8) is 0 Å². The third-order valence-electron chi connectivity index (χ3n) is 4.98. The lowest BCUT2D eigenvalue weighted by Crippen LogP contribution is -2.37. The fourth-order valence-electron chi connectivity index (χ4n) is 3.32. The maximum absolute atomic E-state index is 2.50. The van der Waals surface area contributed by atoms with Gasteiger partial charge in [-0.05, 0) is 55.5 Å². The Morgan fingerprint density at radius 2 is 1.52 bits per heavy atom. The Morgan fingerprint density at radius 3 is 2.17 bits per heavy atom. The summed E-state index contributed by atoms with van der Waals surface area (Å²) >= 11 is 0. The van der Waals surface area contributed by atoms with E-state index in [1.54, 1.807) is 0 Å². The van der Waals surface area contributed by atoms with Crippen molar-refractivity contribution in [2.75, 3.05) is 0 Å². The molecule has 0 aromatic heterocycles. The third kappa shape index (κ3) is 3.39. The monoisotopic (exact) mass is 303 g/mol. The molecule has 1 heterocycles. The Hall–Kier alpha value is -2.28. The Labute approximate surface area is 140 Å². The van der Waals surface area contributed by atoms with Crippen LogP contribution in [-0.4, -0.2) is 10.9 Å². The van der Waals surface area contributed by atoms with Gasteiger partial charge in [0.2, 0.25) is 0 Å². The van der Waals surface area contributed by atoms with Crippen LogP contribution in [0, 0.1) is 0 Å². The van der Waals surface area contributed by atoms with Crippen molar-refractivity contribution in [1.29, 1.82) is 0 Å². The summed E-state index contributed by atoms with van der Waals surface area (Å²) in [7, 11) is 0. The molecule has 23 heavy (non-hydrogen) atoms. The van der Waals surface area contributed by atoms with Crippen LogP contribution in [0.15, 0.2) is 84.1 Å². The van der Waals surface area contributed by atoms with Crippen molar-refractivity contribution < 1.29 is 0 Å². The molecule has 0 spiro atoms. The van der Waals surface area contributed by atoms with Crippen LogP contribution in [0.2, 0.25) is 0 Å². The first-order valence-corrected chi connectivity index (χ1v) is 8.38. The van der Waals surface area contributed by atoms with Gasteiger partial charge in [0, 0.05) is 6.20 Å². The molecule has 0 amide bonds. The molecule has 3 rings (SSSR count). The Morgan fingerprint density at radius 1 is 0.913 bits per heavy atom. The van der Waals surface area contributed by atoms with Crippen molar-refractivity contribution in [2.45, 2.75) is 39.3 Å². The van der Waals surface area contributed by atoms with Crippen LogP contribution in [0.1, 0.15) is 37.9 Å². The van der Waals surface area contributed by atoms with Crippen molar-refractivity contribution in [3.8, 4) is 0 Å². The highest BCUT2D eigenvalue weighted by molar-refractivity contribution is 5.34. The predicted octanol–water partition coefficient (Wildman–Crippen LogP) is 5.52. The summed E-state index contributed by atoms with van der Waals surface area (Å²) in [5.74, 6) is 0. The first-order chi connectivity index (χ1) is 11.2. The van der Waals surface area contributed by atoms with Gasteiger partial charge in [0.1, 0.15) is 0 Å². The minimum Gasteiger partial charge on any atom is -0.364 e. The van der Waals surface area contributed by atoms with Gasteiger partial charge in [-0.1, -0.05) is 60.7 Å². The molecule has 1 nitrogen and oxygen atoms in total. The maximum atomic E-state index is 2.50. The van der Waals surface area contributed by atoms with Gasteiger partial charge in [-0.2, -0.15) is 0 Å². The normalized spacial score (nSPS) is 19.1. The summed E-state index contributed by atoms with van der Waals surface area (Å²) < 4.78 is 0. The van der Waals surface area contributed by atoms with Gasteiger partial charge in [-0.3, -0.25) is 0 Å². The van der Waals surface area contributed by atoms with Gasteiger partial charge in [0.25, 0.3) is 0 Å². The van der Waals surface area contributed by atoms with E-state index in [0.29, 0.717) is 12.1 Å². The van der Waals surface area contributed by atoms with E-state index >= 15 is 0 Å². The maximum Gasteiger partial charge on any atom is 0.0546 e. The molecule has 0 fully saturated rings. The van der Waals surface area contributed by atoms with E-state index < -0.39 is 0 Å². The van der Waals surface area contributed by atoms with Gasteiger partial charge >= 0.3 is 0 Å². The van der Waals surface area contributed by atoms with Gasteiger partial charge in [0.05, 0.1) is 12.1 Å². The SMILES string of the molecule is CC1=C(C)[C@@H](Cc2ccccc2)N([C@H](C)c2ccccc2)C=C1. The number of rotatable bonds is 4. The van der Waals surface area contributed by atoms with E-state index in [4.69, 9.17) is 0 Å². The molecular weight excluding hydrogens is 278 g/mol. The van der Waals surface area contributed by atoms with Crippen molar-refractivity contribution >= 4 is 0 Å². The fourth-order valence-corrected chi connectivity index (χ4v) is 3.32. The van der Waals surface area contributed by atoms with Gasteiger partial charge in [-0.25, -0.2) is 0 Å². The zero-order valence-electron chi connectivity index (χ0n) is 14.2. The standard InChI is InChI=1S/C22H25N/c1-17-14-15-23(19(3)21-12-8-5-9-13-21)22(18(17)2)16-20-10-6-4-7-11-20/h4-15,19,22H,16H2,1-3H3/t19-,22-/m1/s1. The van der Waals surface area contributed by atoms with Crippen LogP contribution in [0.25, 0.3) is 0 Å². The van der Waals surface area contributed by atoms with Crippen LogP contribution in [-0.2, 0) is 6.42 Å².